The maximum Gasteiger partial charge on any atom is 0.262 e. The number of benzene rings is 1. The Hall–Kier alpha value is -3.08. The highest BCUT2D eigenvalue weighted by atomic mass is 16.5. The molecule has 0 unspecified atom stereocenters. The molecule has 5 atom stereocenters. The third-order valence-corrected chi connectivity index (χ3v) is 7.62. The third-order valence-electron chi connectivity index (χ3n) is 7.62. The van der Waals surface area contributed by atoms with E-state index in [1.807, 2.05) is 19.1 Å². The number of hydrogen-bond acceptors (Lipinski definition) is 4. The quantitative estimate of drug-likeness (QED) is 0.635. The zero-order valence-electron chi connectivity index (χ0n) is 18.7. The molecular formula is C27H29NO4. The van der Waals surface area contributed by atoms with Crippen molar-refractivity contribution in [3.63, 3.8) is 0 Å². The number of rotatable bonds is 2. The highest BCUT2D eigenvalue weighted by molar-refractivity contribution is 6.10. The van der Waals surface area contributed by atoms with Gasteiger partial charge >= 0.3 is 0 Å². The highest BCUT2D eigenvalue weighted by Gasteiger charge is 2.59. The van der Waals surface area contributed by atoms with Crippen molar-refractivity contribution in [2.24, 2.45) is 23.7 Å². The monoisotopic (exact) mass is 431 g/mol. The molecule has 1 aromatic heterocycles. The summed E-state index contributed by atoms with van der Waals surface area (Å²) in [5.74, 6) is 1.44. The Morgan fingerprint density at radius 1 is 1.19 bits per heavy atom. The zero-order valence-corrected chi connectivity index (χ0v) is 18.7. The van der Waals surface area contributed by atoms with Crippen LogP contribution in [0.1, 0.15) is 50.4 Å². The summed E-state index contributed by atoms with van der Waals surface area (Å²) in [7, 11) is 0. The van der Waals surface area contributed by atoms with E-state index in [0.29, 0.717) is 29.1 Å². The Morgan fingerprint density at radius 2 is 1.94 bits per heavy atom. The summed E-state index contributed by atoms with van der Waals surface area (Å²) in [5.41, 5.74) is 1.08. The van der Waals surface area contributed by atoms with Crippen LogP contribution in [0, 0.1) is 23.7 Å². The molecule has 0 saturated heterocycles. The van der Waals surface area contributed by atoms with Gasteiger partial charge in [-0.2, -0.15) is 0 Å². The molecule has 5 rings (SSSR count). The molecule has 1 fully saturated rings. The predicted octanol–water partition coefficient (Wildman–Crippen LogP) is 5.27. The number of allylic oxidation sites excluding steroid dienone is 2. The van der Waals surface area contributed by atoms with Crippen LogP contribution >= 0.6 is 0 Å². The van der Waals surface area contributed by atoms with Gasteiger partial charge in [0.05, 0.1) is 0 Å². The van der Waals surface area contributed by atoms with Crippen LogP contribution in [0.5, 0.6) is 11.5 Å². The molecule has 1 saturated carbocycles. The van der Waals surface area contributed by atoms with Gasteiger partial charge in [-0.25, -0.2) is 0 Å². The Morgan fingerprint density at radius 3 is 2.66 bits per heavy atom. The van der Waals surface area contributed by atoms with Gasteiger partial charge in [-0.05, 0) is 68.2 Å². The SMILES string of the molecule is CC=C[C@@H]1[C@H]2C[C@@H](C)CC[C@@H]2C(C)=C[C@@]12Oc1c(-c3ccc(O)cc3)c[nH]c(=O)c1C2=O. The molecule has 166 valence electrons. The molecule has 2 aliphatic carbocycles. The van der Waals surface area contributed by atoms with Gasteiger partial charge < -0.3 is 14.8 Å². The lowest BCUT2D eigenvalue weighted by atomic mass is 9.58. The second-order valence-electron chi connectivity index (χ2n) is 9.64. The molecule has 5 nitrogen and oxygen atoms in total. The van der Waals surface area contributed by atoms with Crippen LogP contribution in [0.25, 0.3) is 11.1 Å². The lowest BCUT2D eigenvalue weighted by molar-refractivity contribution is 0.0193. The molecule has 1 aromatic carbocycles. The largest absolute Gasteiger partial charge is 0.508 e. The third kappa shape index (κ3) is 2.98. The van der Waals surface area contributed by atoms with Crippen molar-refractivity contribution in [1.29, 1.82) is 0 Å². The molecule has 5 heteroatoms. The smallest absolute Gasteiger partial charge is 0.262 e. The molecule has 2 heterocycles. The summed E-state index contributed by atoms with van der Waals surface area (Å²) in [5, 5.41) is 9.68. The van der Waals surface area contributed by atoms with Crippen molar-refractivity contribution < 1.29 is 14.6 Å². The van der Waals surface area contributed by atoms with Gasteiger partial charge in [0.1, 0.15) is 17.1 Å². The Labute approximate surface area is 187 Å². The van der Waals surface area contributed by atoms with Crippen LogP contribution in [-0.2, 0) is 0 Å². The van der Waals surface area contributed by atoms with Gasteiger partial charge in [0.2, 0.25) is 5.78 Å². The minimum Gasteiger partial charge on any atom is -0.508 e. The molecule has 1 spiro atoms. The van der Waals surface area contributed by atoms with E-state index in [1.54, 1.807) is 30.5 Å². The van der Waals surface area contributed by atoms with E-state index in [-0.39, 0.29) is 23.0 Å². The second kappa shape index (κ2) is 7.51. The van der Waals surface area contributed by atoms with Crippen molar-refractivity contribution >= 4 is 5.78 Å². The zero-order chi connectivity index (χ0) is 22.6. The molecule has 3 aliphatic rings. The summed E-state index contributed by atoms with van der Waals surface area (Å²) in [6.07, 6.45) is 11.1. The van der Waals surface area contributed by atoms with Crippen molar-refractivity contribution in [2.75, 3.05) is 0 Å². The fraction of sp³-hybridized carbons (Fsp3) is 0.407. The number of phenolic OH excluding ortho intramolecular Hbond substituents is 1. The van der Waals surface area contributed by atoms with Crippen LogP contribution < -0.4 is 10.3 Å². The minimum absolute atomic E-state index is 0.0939. The summed E-state index contributed by atoms with van der Waals surface area (Å²) in [4.78, 5) is 29.5. The van der Waals surface area contributed by atoms with Crippen LogP contribution in [0.15, 0.2) is 59.1 Å². The van der Waals surface area contributed by atoms with E-state index in [0.717, 1.165) is 18.4 Å². The van der Waals surface area contributed by atoms with Gasteiger partial charge in [-0.3, -0.25) is 9.59 Å². The topological polar surface area (TPSA) is 79.4 Å². The van der Waals surface area contributed by atoms with Gasteiger partial charge in [0.25, 0.3) is 5.56 Å². The average Bonchev–Trinajstić information content (AvgIpc) is 3.05. The van der Waals surface area contributed by atoms with E-state index in [1.165, 1.54) is 12.0 Å². The first-order chi connectivity index (χ1) is 15.4. The number of phenols is 1. The summed E-state index contributed by atoms with van der Waals surface area (Å²) >= 11 is 0. The number of ether oxygens (including phenoxy) is 1. The maximum atomic E-state index is 14.0. The predicted molar refractivity (Wildman–Crippen MR) is 124 cm³/mol. The molecule has 0 amide bonds. The number of Topliss-reactive ketones (excluding diaryl/α,β-unsaturated/α-hetero) is 1. The van der Waals surface area contributed by atoms with Crippen LogP contribution in [0.3, 0.4) is 0 Å². The van der Waals surface area contributed by atoms with E-state index >= 15 is 0 Å². The lowest BCUT2D eigenvalue weighted by Gasteiger charge is -2.48. The van der Waals surface area contributed by atoms with Crippen LogP contribution in [0.4, 0.5) is 0 Å². The number of pyridine rings is 1. The first kappa shape index (κ1) is 20.8. The van der Waals surface area contributed by atoms with Crippen molar-refractivity contribution in [1.82, 2.24) is 4.98 Å². The fourth-order valence-electron chi connectivity index (χ4n) is 6.15. The normalized spacial score (nSPS) is 31.3. The number of carbonyl (C=O) groups excluding carboxylic acids is 1. The number of aromatic amines is 1. The number of aromatic hydroxyl groups is 1. The van der Waals surface area contributed by atoms with E-state index in [4.69, 9.17) is 4.74 Å². The first-order valence-corrected chi connectivity index (χ1v) is 11.5. The molecule has 2 N–H and O–H groups in total. The summed E-state index contributed by atoms with van der Waals surface area (Å²) in [6, 6.07) is 6.68. The second-order valence-corrected chi connectivity index (χ2v) is 9.64. The molecule has 0 bridgehead atoms. The maximum absolute atomic E-state index is 14.0. The minimum atomic E-state index is -1.20. The van der Waals surface area contributed by atoms with Gasteiger partial charge in [-0.15, -0.1) is 0 Å². The molecule has 0 radical (unpaired) electrons. The van der Waals surface area contributed by atoms with Gasteiger partial charge in [-0.1, -0.05) is 43.2 Å². The number of hydrogen-bond donors (Lipinski definition) is 2. The average molecular weight is 432 g/mol. The molecule has 32 heavy (non-hydrogen) atoms. The number of ketones is 1. The summed E-state index contributed by atoms with van der Waals surface area (Å²) < 4.78 is 6.60. The van der Waals surface area contributed by atoms with Gasteiger partial charge in [0.15, 0.2) is 5.60 Å². The molecule has 1 aliphatic heterocycles. The Balaban J connectivity index is 1.69. The van der Waals surface area contributed by atoms with E-state index in [2.05, 4.69) is 24.9 Å². The molecule has 2 aromatic rings. The van der Waals surface area contributed by atoms with Gasteiger partial charge in [0, 0.05) is 17.7 Å². The van der Waals surface area contributed by atoms with E-state index in [9.17, 15) is 14.7 Å². The first-order valence-electron chi connectivity index (χ1n) is 11.5. The lowest BCUT2D eigenvalue weighted by Crippen LogP contribution is -2.54. The number of nitrogens with one attached hydrogen (secondary N) is 1. The Kier molecular flexibility index (Phi) is 4.88. The number of carbonyl (C=O) groups is 1. The van der Waals surface area contributed by atoms with Crippen molar-refractivity contribution in [3.05, 3.63) is 70.2 Å². The highest BCUT2D eigenvalue weighted by Crippen LogP contribution is 2.55. The summed E-state index contributed by atoms with van der Waals surface area (Å²) in [6.45, 7) is 6.36. The number of aromatic nitrogens is 1. The number of H-pyrrole nitrogens is 1. The molecular weight excluding hydrogens is 402 g/mol. The Bertz CT molecular complexity index is 1190. The van der Waals surface area contributed by atoms with Crippen LogP contribution in [0.2, 0.25) is 0 Å². The van der Waals surface area contributed by atoms with Crippen LogP contribution in [-0.4, -0.2) is 21.5 Å². The van der Waals surface area contributed by atoms with Crippen molar-refractivity contribution in [2.45, 2.75) is 45.6 Å². The fourth-order valence-corrected chi connectivity index (χ4v) is 6.15. The van der Waals surface area contributed by atoms with Crippen molar-refractivity contribution in [3.8, 4) is 22.6 Å². The number of fused-ring (bicyclic) bond motifs is 2. The van der Waals surface area contributed by atoms with E-state index < -0.39 is 11.2 Å². The standard InChI is InChI=1S/C27H29NO4/c1-4-5-22-20-12-15(2)6-11-19(20)16(3)13-27(22)25(30)23-24(32-27)21(14-28-26(23)31)17-7-9-18(29)10-8-17/h4-5,7-10,13-15,19-20,22,29H,6,11-12H2,1-3H3,(H,28,31)/t15-,19+,20-,22+,27+/m0/s1.